The summed E-state index contributed by atoms with van der Waals surface area (Å²) in [6, 6.07) is 30.7. The molecule has 0 heterocycles. The van der Waals surface area contributed by atoms with Crippen LogP contribution in [0.4, 0.5) is 0 Å². The van der Waals surface area contributed by atoms with Gasteiger partial charge in [0.15, 0.2) is 0 Å². The van der Waals surface area contributed by atoms with Gasteiger partial charge in [-0.15, -0.1) is 0 Å². The lowest BCUT2D eigenvalue weighted by molar-refractivity contribution is 0.498. The monoisotopic (exact) mass is 407 g/mol. The van der Waals surface area contributed by atoms with Crippen molar-refractivity contribution < 1.29 is 0 Å². The van der Waals surface area contributed by atoms with Gasteiger partial charge in [-0.2, -0.15) is 0 Å². The molecule has 0 radical (unpaired) electrons. The Kier molecular flexibility index (Phi) is 7.04. The molecule has 0 amide bonds. The van der Waals surface area contributed by atoms with Crippen LogP contribution in [0.2, 0.25) is 0 Å². The number of benzene rings is 3. The first kappa shape index (κ1) is 18.9. The molecule has 0 aliphatic heterocycles. The Labute approximate surface area is 165 Å². The Balaban J connectivity index is 1.70. The minimum Gasteiger partial charge on any atom is -0.310 e. The molecule has 1 unspecified atom stereocenters. The number of nitrogens with one attached hydrogen (secondary N) is 1. The van der Waals surface area contributed by atoms with E-state index in [0.717, 1.165) is 23.9 Å². The zero-order valence-corrected chi connectivity index (χ0v) is 16.8. The van der Waals surface area contributed by atoms with Gasteiger partial charge < -0.3 is 5.32 Å². The van der Waals surface area contributed by atoms with Crippen LogP contribution >= 0.6 is 15.9 Å². The highest BCUT2D eigenvalue weighted by molar-refractivity contribution is 9.10. The van der Waals surface area contributed by atoms with Gasteiger partial charge in [-0.25, -0.2) is 0 Å². The molecular formula is C24H26BrN. The number of rotatable bonds is 8. The molecule has 0 saturated heterocycles. The van der Waals surface area contributed by atoms with Gasteiger partial charge in [-0.05, 0) is 48.2 Å². The van der Waals surface area contributed by atoms with Crippen molar-refractivity contribution in [3.8, 4) is 0 Å². The molecule has 0 saturated carbocycles. The number of hydrogen-bond donors (Lipinski definition) is 1. The normalized spacial score (nSPS) is 12.3. The van der Waals surface area contributed by atoms with Crippen molar-refractivity contribution in [2.45, 2.75) is 31.7 Å². The summed E-state index contributed by atoms with van der Waals surface area (Å²) in [6.45, 7) is 3.23. The standard InChI is InChI=1S/C24H26BrN/c1-2-24(21-14-9-15-22(25)18-21)26-17-16-23(19-10-5-3-6-11-19)20-12-7-4-8-13-20/h3-15,18,23-24,26H,2,16-17H2,1H3. The summed E-state index contributed by atoms with van der Waals surface area (Å²) in [7, 11) is 0. The van der Waals surface area contributed by atoms with Gasteiger partial charge in [0.2, 0.25) is 0 Å². The second-order valence-electron chi connectivity index (χ2n) is 6.63. The minimum atomic E-state index is 0.389. The lowest BCUT2D eigenvalue weighted by Gasteiger charge is -2.22. The second-order valence-corrected chi connectivity index (χ2v) is 7.55. The van der Waals surface area contributed by atoms with Crippen LogP contribution in [0.1, 0.15) is 48.4 Å². The molecule has 3 rings (SSSR count). The van der Waals surface area contributed by atoms with E-state index in [1.807, 2.05) is 0 Å². The van der Waals surface area contributed by atoms with Crippen molar-refractivity contribution in [1.82, 2.24) is 5.32 Å². The lowest BCUT2D eigenvalue weighted by Crippen LogP contribution is -2.23. The van der Waals surface area contributed by atoms with Crippen LogP contribution in [0.25, 0.3) is 0 Å². The van der Waals surface area contributed by atoms with Crippen molar-refractivity contribution in [1.29, 1.82) is 0 Å². The van der Waals surface area contributed by atoms with E-state index in [4.69, 9.17) is 0 Å². The van der Waals surface area contributed by atoms with E-state index >= 15 is 0 Å². The zero-order chi connectivity index (χ0) is 18.2. The van der Waals surface area contributed by atoms with Crippen molar-refractivity contribution >= 4 is 15.9 Å². The van der Waals surface area contributed by atoms with Gasteiger partial charge in [0.05, 0.1) is 0 Å². The largest absolute Gasteiger partial charge is 0.310 e. The Morgan fingerprint density at radius 3 is 1.88 bits per heavy atom. The summed E-state index contributed by atoms with van der Waals surface area (Å²) in [5, 5.41) is 3.76. The molecule has 3 aromatic rings. The first-order chi connectivity index (χ1) is 12.8. The topological polar surface area (TPSA) is 12.0 Å². The molecule has 0 spiro atoms. The van der Waals surface area contributed by atoms with E-state index in [1.165, 1.54) is 16.7 Å². The quantitative estimate of drug-likeness (QED) is 0.437. The molecule has 0 aliphatic rings. The number of hydrogen-bond acceptors (Lipinski definition) is 1. The summed E-state index contributed by atoms with van der Waals surface area (Å²) < 4.78 is 1.14. The van der Waals surface area contributed by atoms with Crippen molar-refractivity contribution in [2.24, 2.45) is 0 Å². The summed E-state index contributed by atoms with van der Waals surface area (Å²) in [5.74, 6) is 0.421. The highest BCUT2D eigenvalue weighted by atomic mass is 79.9. The average molecular weight is 408 g/mol. The maximum atomic E-state index is 3.76. The smallest absolute Gasteiger partial charge is 0.0318 e. The summed E-state index contributed by atoms with van der Waals surface area (Å²) in [4.78, 5) is 0. The molecule has 26 heavy (non-hydrogen) atoms. The van der Waals surface area contributed by atoms with E-state index in [0.29, 0.717) is 12.0 Å². The zero-order valence-electron chi connectivity index (χ0n) is 15.2. The highest BCUT2D eigenvalue weighted by Crippen LogP contribution is 2.28. The lowest BCUT2D eigenvalue weighted by atomic mass is 9.88. The fraction of sp³-hybridized carbons (Fsp3) is 0.250. The van der Waals surface area contributed by atoms with Crippen LogP contribution in [0.3, 0.4) is 0 Å². The second kappa shape index (κ2) is 9.70. The van der Waals surface area contributed by atoms with E-state index in [9.17, 15) is 0 Å². The van der Waals surface area contributed by atoms with Crippen molar-refractivity contribution in [2.75, 3.05) is 6.54 Å². The van der Waals surface area contributed by atoms with Gasteiger partial charge >= 0.3 is 0 Å². The molecule has 1 N–H and O–H groups in total. The molecule has 3 aromatic carbocycles. The van der Waals surface area contributed by atoms with Crippen LogP contribution in [0.5, 0.6) is 0 Å². The molecule has 0 aromatic heterocycles. The highest BCUT2D eigenvalue weighted by Gasteiger charge is 2.15. The first-order valence-electron chi connectivity index (χ1n) is 9.36. The van der Waals surface area contributed by atoms with E-state index in [1.54, 1.807) is 0 Å². The average Bonchev–Trinajstić information content (AvgIpc) is 2.69. The fourth-order valence-electron chi connectivity index (χ4n) is 3.52. The molecular weight excluding hydrogens is 382 g/mol. The van der Waals surface area contributed by atoms with Crippen LogP contribution < -0.4 is 5.32 Å². The molecule has 1 atom stereocenters. The Hall–Kier alpha value is -1.90. The van der Waals surface area contributed by atoms with Crippen LogP contribution in [0, 0.1) is 0 Å². The van der Waals surface area contributed by atoms with E-state index in [2.05, 4.69) is 113 Å². The summed E-state index contributed by atoms with van der Waals surface area (Å²) in [6.07, 6.45) is 2.16. The predicted octanol–water partition coefficient (Wildman–Crippen LogP) is 6.71. The SMILES string of the molecule is CCC(NCCC(c1ccccc1)c1ccccc1)c1cccc(Br)c1. The minimum absolute atomic E-state index is 0.389. The molecule has 0 fully saturated rings. The Morgan fingerprint density at radius 2 is 1.35 bits per heavy atom. The van der Waals surface area contributed by atoms with Gasteiger partial charge in [0, 0.05) is 16.4 Å². The summed E-state index contributed by atoms with van der Waals surface area (Å²) >= 11 is 3.58. The van der Waals surface area contributed by atoms with Gasteiger partial charge in [0.1, 0.15) is 0 Å². The third-order valence-electron chi connectivity index (χ3n) is 4.89. The first-order valence-corrected chi connectivity index (χ1v) is 10.2. The maximum absolute atomic E-state index is 3.76. The predicted molar refractivity (Wildman–Crippen MR) is 115 cm³/mol. The fourth-order valence-corrected chi connectivity index (χ4v) is 3.94. The number of halogens is 1. The van der Waals surface area contributed by atoms with Gasteiger partial charge in [-0.3, -0.25) is 0 Å². The Morgan fingerprint density at radius 1 is 0.769 bits per heavy atom. The summed E-state index contributed by atoms with van der Waals surface area (Å²) in [5.41, 5.74) is 4.12. The molecule has 1 nitrogen and oxygen atoms in total. The van der Waals surface area contributed by atoms with Crippen LogP contribution in [-0.4, -0.2) is 6.54 Å². The van der Waals surface area contributed by atoms with Gasteiger partial charge in [0.25, 0.3) is 0 Å². The van der Waals surface area contributed by atoms with E-state index in [-0.39, 0.29) is 0 Å². The van der Waals surface area contributed by atoms with Crippen LogP contribution in [0.15, 0.2) is 89.4 Å². The molecule has 0 aliphatic carbocycles. The Bertz CT molecular complexity index is 746. The van der Waals surface area contributed by atoms with Crippen LogP contribution in [-0.2, 0) is 0 Å². The molecule has 0 bridgehead atoms. The third-order valence-corrected chi connectivity index (χ3v) is 5.38. The maximum Gasteiger partial charge on any atom is 0.0318 e. The molecule has 2 heteroatoms. The third kappa shape index (κ3) is 5.06. The van der Waals surface area contributed by atoms with E-state index < -0.39 is 0 Å². The van der Waals surface area contributed by atoms with Crippen molar-refractivity contribution in [3.63, 3.8) is 0 Å². The van der Waals surface area contributed by atoms with Gasteiger partial charge in [-0.1, -0.05) is 95.7 Å². The molecule has 134 valence electrons. The van der Waals surface area contributed by atoms with Crippen molar-refractivity contribution in [3.05, 3.63) is 106 Å².